The molecular weight excluding hydrogens is 168 g/mol. The standard InChI is InChI=1S/C10H16O3/c1-6-7(5-11)10(2,3)4-8(12)9(6)13/h8,11-12H,4-5H2,1-3H3. The number of aliphatic hydroxyl groups excluding tert-OH is 2. The lowest BCUT2D eigenvalue weighted by molar-refractivity contribution is -0.125. The van der Waals surface area contributed by atoms with E-state index in [2.05, 4.69) is 0 Å². The molecule has 0 saturated heterocycles. The molecule has 0 bridgehead atoms. The molecule has 13 heavy (non-hydrogen) atoms. The number of Topliss-reactive ketones (excluding diaryl/α,β-unsaturated/α-hetero) is 1. The Morgan fingerprint density at radius 2 is 2.08 bits per heavy atom. The number of carbonyl (C=O) groups excluding carboxylic acids is 1. The third kappa shape index (κ3) is 1.67. The fourth-order valence-electron chi connectivity index (χ4n) is 1.94. The molecule has 1 rings (SSSR count). The van der Waals surface area contributed by atoms with Crippen LogP contribution >= 0.6 is 0 Å². The van der Waals surface area contributed by atoms with Gasteiger partial charge in [0.1, 0.15) is 6.10 Å². The van der Waals surface area contributed by atoms with Crippen molar-refractivity contribution in [1.29, 1.82) is 0 Å². The van der Waals surface area contributed by atoms with Crippen LogP contribution in [0.4, 0.5) is 0 Å². The van der Waals surface area contributed by atoms with Crippen LogP contribution in [-0.4, -0.2) is 28.7 Å². The fourth-order valence-corrected chi connectivity index (χ4v) is 1.94. The Balaban J connectivity index is 3.16. The number of ketones is 1. The molecule has 74 valence electrons. The van der Waals surface area contributed by atoms with Crippen molar-refractivity contribution >= 4 is 5.78 Å². The lowest BCUT2D eigenvalue weighted by Gasteiger charge is -2.35. The highest BCUT2D eigenvalue weighted by Gasteiger charge is 2.37. The molecule has 0 aromatic heterocycles. The maximum atomic E-state index is 11.4. The van der Waals surface area contributed by atoms with Gasteiger partial charge >= 0.3 is 0 Å². The smallest absolute Gasteiger partial charge is 0.187 e. The van der Waals surface area contributed by atoms with Crippen LogP contribution in [0.1, 0.15) is 27.2 Å². The predicted molar refractivity (Wildman–Crippen MR) is 49.2 cm³/mol. The molecule has 0 heterocycles. The summed E-state index contributed by atoms with van der Waals surface area (Å²) >= 11 is 0. The zero-order valence-corrected chi connectivity index (χ0v) is 8.29. The first kappa shape index (κ1) is 10.4. The van der Waals surface area contributed by atoms with Gasteiger partial charge in [0.25, 0.3) is 0 Å². The van der Waals surface area contributed by atoms with Crippen molar-refractivity contribution in [2.24, 2.45) is 5.41 Å². The van der Waals surface area contributed by atoms with Crippen LogP contribution in [0.15, 0.2) is 11.1 Å². The van der Waals surface area contributed by atoms with E-state index in [1.54, 1.807) is 6.92 Å². The van der Waals surface area contributed by atoms with E-state index in [0.717, 1.165) is 5.57 Å². The molecule has 0 aliphatic heterocycles. The summed E-state index contributed by atoms with van der Waals surface area (Å²) in [4.78, 5) is 11.4. The topological polar surface area (TPSA) is 57.5 Å². The summed E-state index contributed by atoms with van der Waals surface area (Å²) in [5.41, 5.74) is 1.00. The van der Waals surface area contributed by atoms with Gasteiger partial charge in [-0.25, -0.2) is 0 Å². The van der Waals surface area contributed by atoms with E-state index in [9.17, 15) is 9.90 Å². The van der Waals surface area contributed by atoms with Gasteiger partial charge in [0, 0.05) is 0 Å². The molecule has 3 heteroatoms. The van der Waals surface area contributed by atoms with Gasteiger partial charge in [0.2, 0.25) is 0 Å². The highest BCUT2D eigenvalue weighted by atomic mass is 16.3. The number of carbonyl (C=O) groups is 1. The maximum Gasteiger partial charge on any atom is 0.187 e. The van der Waals surface area contributed by atoms with Gasteiger partial charge in [-0.3, -0.25) is 4.79 Å². The Morgan fingerprint density at radius 3 is 2.54 bits per heavy atom. The van der Waals surface area contributed by atoms with E-state index in [1.165, 1.54) is 0 Å². The molecule has 2 N–H and O–H groups in total. The normalized spacial score (nSPS) is 28.1. The largest absolute Gasteiger partial charge is 0.392 e. The van der Waals surface area contributed by atoms with Crippen molar-refractivity contribution in [3.05, 3.63) is 11.1 Å². The van der Waals surface area contributed by atoms with Crippen molar-refractivity contribution in [1.82, 2.24) is 0 Å². The molecule has 0 saturated carbocycles. The maximum absolute atomic E-state index is 11.4. The molecule has 1 aliphatic rings. The summed E-state index contributed by atoms with van der Waals surface area (Å²) in [6, 6.07) is 0. The highest BCUT2D eigenvalue weighted by molar-refractivity contribution is 6.00. The Morgan fingerprint density at radius 1 is 1.54 bits per heavy atom. The van der Waals surface area contributed by atoms with Crippen molar-refractivity contribution in [2.45, 2.75) is 33.3 Å². The van der Waals surface area contributed by atoms with Crippen LogP contribution in [0.25, 0.3) is 0 Å². The molecule has 0 aromatic rings. The lowest BCUT2D eigenvalue weighted by atomic mass is 9.71. The second-order valence-electron chi connectivity index (χ2n) is 4.23. The first-order chi connectivity index (χ1) is 5.90. The lowest BCUT2D eigenvalue weighted by Crippen LogP contribution is -2.37. The van der Waals surface area contributed by atoms with E-state index < -0.39 is 6.10 Å². The molecular formula is C10H16O3. The van der Waals surface area contributed by atoms with Crippen LogP contribution in [0.5, 0.6) is 0 Å². The van der Waals surface area contributed by atoms with Crippen LogP contribution in [0.3, 0.4) is 0 Å². The Hall–Kier alpha value is -0.670. The molecule has 1 aliphatic carbocycles. The number of aliphatic hydroxyl groups is 2. The van der Waals surface area contributed by atoms with Gasteiger partial charge in [-0.05, 0) is 29.9 Å². The fraction of sp³-hybridized carbons (Fsp3) is 0.700. The molecule has 0 fully saturated rings. The summed E-state index contributed by atoms with van der Waals surface area (Å²) < 4.78 is 0. The summed E-state index contributed by atoms with van der Waals surface area (Å²) in [5.74, 6) is -0.247. The molecule has 0 radical (unpaired) electrons. The third-order valence-electron chi connectivity index (χ3n) is 2.80. The van der Waals surface area contributed by atoms with E-state index in [4.69, 9.17) is 5.11 Å². The van der Waals surface area contributed by atoms with Gasteiger partial charge in [-0.2, -0.15) is 0 Å². The van der Waals surface area contributed by atoms with Gasteiger partial charge in [0.15, 0.2) is 5.78 Å². The van der Waals surface area contributed by atoms with Crippen molar-refractivity contribution in [3.63, 3.8) is 0 Å². The van der Waals surface area contributed by atoms with E-state index in [-0.39, 0.29) is 17.8 Å². The zero-order valence-electron chi connectivity index (χ0n) is 8.29. The summed E-state index contributed by atoms with van der Waals surface area (Å²) in [6.45, 7) is 5.42. The molecule has 1 unspecified atom stereocenters. The van der Waals surface area contributed by atoms with Gasteiger partial charge < -0.3 is 10.2 Å². The average Bonchev–Trinajstić information content (AvgIpc) is 2.00. The first-order valence-electron chi connectivity index (χ1n) is 4.43. The molecule has 0 amide bonds. The Bertz CT molecular complexity index is 263. The number of hydrogen-bond acceptors (Lipinski definition) is 3. The van der Waals surface area contributed by atoms with Crippen molar-refractivity contribution in [2.75, 3.05) is 6.61 Å². The first-order valence-corrected chi connectivity index (χ1v) is 4.43. The van der Waals surface area contributed by atoms with Gasteiger partial charge in [0.05, 0.1) is 6.61 Å². The van der Waals surface area contributed by atoms with Crippen LogP contribution < -0.4 is 0 Å². The number of rotatable bonds is 1. The molecule has 0 spiro atoms. The minimum atomic E-state index is -0.898. The van der Waals surface area contributed by atoms with E-state index >= 15 is 0 Å². The monoisotopic (exact) mass is 184 g/mol. The van der Waals surface area contributed by atoms with Gasteiger partial charge in [-0.1, -0.05) is 13.8 Å². The quantitative estimate of drug-likeness (QED) is 0.629. The second kappa shape index (κ2) is 3.24. The summed E-state index contributed by atoms with van der Waals surface area (Å²) in [6.07, 6.45) is -0.496. The summed E-state index contributed by atoms with van der Waals surface area (Å²) in [5, 5.41) is 18.5. The van der Waals surface area contributed by atoms with Crippen LogP contribution in [-0.2, 0) is 4.79 Å². The summed E-state index contributed by atoms with van der Waals surface area (Å²) in [7, 11) is 0. The molecule has 1 atom stereocenters. The SMILES string of the molecule is CC1=C(CO)C(C)(C)CC(O)C1=O. The zero-order chi connectivity index (χ0) is 10.2. The highest BCUT2D eigenvalue weighted by Crippen LogP contribution is 2.38. The second-order valence-corrected chi connectivity index (χ2v) is 4.23. The third-order valence-corrected chi connectivity index (χ3v) is 2.80. The predicted octanol–water partition coefficient (Wildman–Crippen LogP) is 0.655. The molecule has 0 aromatic carbocycles. The van der Waals surface area contributed by atoms with Crippen LogP contribution in [0.2, 0.25) is 0 Å². The van der Waals surface area contributed by atoms with Crippen molar-refractivity contribution < 1.29 is 15.0 Å². The van der Waals surface area contributed by atoms with E-state index in [1.807, 2.05) is 13.8 Å². The minimum Gasteiger partial charge on any atom is -0.392 e. The van der Waals surface area contributed by atoms with Crippen molar-refractivity contribution in [3.8, 4) is 0 Å². The van der Waals surface area contributed by atoms with Crippen LogP contribution in [0, 0.1) is 5.41 Å². The van der Waals surface area contributed by atoms with E-state index in [0.29, 0.717) is 12.0 Å². The molecule has 3 nitrogen and oxygen atoms in total. The Kier molecular flexibility index (Phi) is 2.59. The van der Waals surface area contributed by atoms with Gasteiger partial charge in [-0.15, -0.1) is 0 Å². The minimum absolute atomic E-state index is 0.0999. The Labute approximate surface area is 78.1 Å². The average molecular weight is 184 g/mol. The number of hydrogen-bond donors (Lipinski definition) is 2.